The first kappa shape index (κ1) is 16.4. The van der Waals surface area contributed by atoms with Gasteiger partial charge in [-0.05, 0) is 25.8 Å². The van der Waals surface area contributed by atoms with Crippen molar-refractivity contribution < 1.29 is 14.3 Å². The molecule has 1 unspecified atom stereocenters. The standard InChI is InChI=1S/C18H23N3O3/c1-3-24-17(22)13-7-6-10-21(11-13)18(23)19-15-12-20(2)16-9-5-4-8-14(15)16/h4-5,8-9,12-13H,3,6-7,10-11H2,1-2H3,(H,19,23). The predicted molar refractivity (Wildman–Crippen MR) is 92.9 cm³/mol. The van der Waals surface area contributed by atoms with Gasteiger partial charge in [0.25, 0.3) is 0 Å². The highest BCUT2D eigenvalue weighted by atomic mass is 16.5. The van der Waals surface area contributed by atoms with E-state index in [2.05, 4.69) is 5.32 Å². The van der Waals surface area contributed by atoms with Crippen LogP contribution in [0.1, 0.15) is 19.8 Å². The van der Waals surface area contributed by atoms with E-state index in [0.29, 0.717) is 19.7 Å². The van der Waals surface area contributed by atoms with E-state index < -0.39 is 0 Å². The molecule has 0 spiro atoms. The number of benzene rings is 1. The zero-order valence-electron chi connectivity index (χ0n) is 14.1. The average Bonchev–Trinajstić information content (AvgIpc) is 2.91. The van der Waals surface area contributed by atoms with Crippen LogP contribution in [0.3, 0.4) is 0 Å². The van der Waals surface area contributed by atoms with E-state index in [4.69, 9.17) is 4.74 Å². The van der Waals surface area contributed by atoms with Gasteiger partial charge in [0, 0.05) is 37.2 Å². The number of nitrogens with one attached hydrogen (secondary N) is 1. The molecule has 1 aromatic carbocycles. The van der Waals surface area contributed by atoms with Crippen molar-refractivity contribution >= 4 is 28.6 Å². The minimum atomic E-state index is -0.225. The molecule has 6 nitrogen and oxygen atoms in total. The number of hydrogen-bond acceptors (Lipinski definition) is 3. The van der Waals surface area contributed by atoms with Gasteiger partial charge < -0.3 is 19.5 Å². The maximum atomic E-state index is 12.6. The molecule has 1 saturated heterocycles. The Morgan fingerprint density at radius 2 is 2.12 bits per heavy atom. The summed E-state index contributed by atoms with van der Waals surface area (Å²) in [7, 11) is 1.95. The van der Waals surface area contributed by atoms with E-state index >= 15 is 0 Å². The number of fused-ring (bicyclic) bond motifs is 1. The molecule has 2 heterocycles. The highest BCUT2D eigenvalue weighted by molar-refractivity contribution is 6.01. The molecule has 24 heavy (non-hydrogen) atoms. The Kier molecular flexibility index (Phi) is 4.74. The minimum Gasteiger partial charge on any atom is -0.466 e. The number of hydrogen-bond donors (Lipinski definition) is 1. The van der Waals surface area contributed by atoms with Gasteiger partial charge in [-0.2, -0.15) is 0 Å². The number of rotatable bonds is 3. The van der Waals surface area contributed by atoms with E-state index in [1.807, 2.05) is 42.1 Å². The summed E-state index contributed by atoms with van der Waals surface area (Å²) in [5.74, 6) is -0.433. The summed E-state index contributed by atoms with van der Waals surface area (Å²) in [6, 6.07) is 7.77. The van der Waals surface area contributed by atoms with Crippen molar-refractivity contribution in [2.75, 3.05) is 25.0 Å². The van der Waals surface area contributed by atoms with Crippen molar-refractivity contribution in [1.82, 2.24) is 9.47 Å². The maximum absolute atomic E-state index is 12.6. The van der Waals surface area contributed by atoms with E-state index in [9.17, 15) is 9.59 Å². The SMILES string of the molecule is CCOC(=O)C1CCCN(C(=O)Nc2cn(C)c3ccccc23)C1. The number of esters is 1. The smallest absolute Gasteiger partial charge is 0.321 e. The molecule has 128 valence electrons. The fraction of sp³-hybridized carbons (Fsp3) is 0.444. The third-order valence-electron chi connectivity index (χ3n) is 4.47. The molecule has 1 aliphatic rings. The number of aryl methyl sites for hydroxylation is 1. The average molecular weight is 329 g/mol. The van der Waals surface area contributed by atoms with Crippen LogP contribution in [0.15, 0.2) is 30.5 Å². The molecule has 3 rings (SSSR count). The zero-order chi connectivity index (χ0) is 17.1. The summed E-state index contributed by atoms with van der Waals surface area (Å²) in [6.45, 7) is 3.24. The first-order valence-corrected chi connectivity index (χ1v) is 8.36. The third-order valence-corrected chi connectivity index (χ3v) is 4.47. The maximum Gasteiger partial charge on any atom is 0.321 e. The Bertz CT molecular complexity index is 753. The molecule has 0 bridgehead atoms. The van der Waals surface area contributed by atoms with Crippen molar-refractivity contribution in [2.45, 2.75) is 19.8 Å². The predicted octanol–water partition coefficient (Wildman–Crippen LogP) is 2.99. The number of aromatic nitrogens is 1. The van der Waals surface area contributed by atoms with Gasteiger partial charge in [0.1, 0.15) is 0 Å². The number of carbonyl (C=O) groups excluding carboxylic acids is 2. The molecule has 0 saturated carbocycles. The monoisotopic (exact) mass is 329 g/mol. The number of amides is 2. The lowest BCUT2D eigenvalue weighted by Crippen LogP contribution is -2.44. The number of urea groups is 1. The summed E-state index contributed by atoms with van der Waals surface area (Å²) in [5.41, 5.74) is 1.85. The lowest BCUT2D eigenvalue weighted by Gasteiger charge is -2.31. The largest absolute Gasteiger partial charge is 0.466 e. The normalized spacial score (nSPS) is 17.8. The number of nitrogens with zero attached hydrogens (tertiary/aromatic N) is 2. The Morgan fingerprint density at radius 3 is 2.92 bits per heavy atom. The quantitative estimate of drug-likeness (QED) is 0.881. The van der Waals surface area contributed by atoms with Crippen LogP contribution in [0.2, 0.25) is 0 Å². The number of anilines is 1. The molecule has 1 fully saturated rings. The molecule has 2 amide bonds. The van der Waals surface area contributed by atoms with Crippen molar-refractivity contribution in [1.29, 1.82) is 0 Å². The van der Waals surface area contributed by atoms with Gasteiger partial charge >= 0.3 is 12.0 Å². The molecule has 1 atom stereocenters. The van der Waals surface area contributed by atoms with Crippen molar-refractivity contribution in [3.8, 4) is 0 Å². The van der Waals surface area contributed by atoms with Crippen LogP contribution in [0.5, 0.6) is 0 Å². The second-order valence-corrected chi connectivity index (χ2v) is 6.14. The number of piperidine rings is 1. The Balaban J connectivity index is 1.71. The van der Waals surface area contributed by atoms with E-state index in [-0.39, 0.29) is 17.9 Å². The lowest BCUT2D eigenvalue weighted by molar-refractivity contribution is -0.149. The highest BCUT2D eigenvalue weighted by Gasteiger charge is 2.29. The van der Waals surface area contributed by atoms with Crippen LogP contribution >= 0.6 is 0 Å². The number of carbonyl (C=O) groups is 2. The van der Waals surface area contributed by atoms with Gasteiger partial charge in [0.15, 0.2) is 0 Å². The molecular formula is C18H23N3O3. The molecule has 1 aliphatic heterocycles. The number of para-hydroxylation sites is 1. The molecule has 1 N–H and O–H groups in total. The summed E-state index contributed by atoms with van der Waals surface area (Å²) in [5, 5.41) is 3.99. The topological polar surface area (TPSA) is 63.6 Å². The fourth-order valence-corrected chi connectivity index (χ4v) is 3.25. The van der Waals surface area contributed by atoms with Crippen molar-refractivity contribution in [2.24, 2.45) is 13.0 Å². The van der Waals surface area contributed by atoms with Crippen LogP contribution in [-0.4, -0.2) is 41.2 Å². The summed E-state index contributed by atoms with van der Waals surface area (Å²) < 4.78 is 7.08. The van der Waals surface area contributed by atoms with Gasteiger partial charge in [-0.15, -0.1) is 0 Å². The van der Waals surface area contributed by atoms with Crippen molar-refractivity contribution in [3.63, 3.8) is 0 Å². The molecule has 2 aromatic rings. The minimum absolute atomic E-state index is 0.166. The number of ether oxygens (including phenoxy) is 1. The molecular weight excluding hydrogens is 306 g/mol. The highest BCUT2D eigenvalue weighted by Crippen LogP contribution is 2.26. The third kappa shape index (κ3) is 3.22. The Hall–Kier alpha value is -2.50. The summed E-state index contributed by atoms with van der Waals surface area (Å²) >= 11 is 0. The lowest BCUT2D eigenvalue weighted by atomic mass is 9.98. The number of likely N-dealkylation sites (tertiary alicyclic amines) is 1. The Morgan fingerprint density at radius 1 is 1.33 bits per heavy atom. The van der Waals surface area contributed by atoms with Gasteiger partial charge in [0.05, 0.1) is 18.2 Å². The van der Waals surface area contributed by atoms with Crippen molar-refractivity contribution in [3.05, 3.63) is 30.5 Å². The van der Waals surface area contributed by atoms with Gasteiger partial charge in [0.2, 0.25) is 0 Å². The van der Waals surface area contributed by atoms with Gasteiger partial charge in [-0.25, -0.2) is 4.79 Å². The van der Waals surface area contributed by atoms with Crippen LogP contribution < -0.4 is 5.32 Å². The second kappa shape index (κ2) is 6.95. The van der Waals surface area contributed by atoms with E-state index in [1.54, 1.807) is 11.8 Å². The van der Waals surface area contributed by atoms with Crippen LogP contribution in [0.4, 0.5) is 10.5 Å². The molecule has 0 radical (unpaired) electrons. The molecule has 0 aliphatic carbocycles. The zero-order valence-corrected chi connectivity index (χ0v) is 14.1. The Labute approximate surface area is 141 Å². The van der Waals surface area contributed by atoms with Crippen LogP contribution in [0.25, 0.3) is 10.9 Å². The fourth-order valence-electron chi connectivity index (χ4n) is 3.25. The molecule has 1 aromatic heterocycles. The van der Waals surface area contributed by atoms with Gasteiger partial charge in [-0.1, -0.05) is 18.2 Å². The second-order valence-electron chi connectivity index (χ2n) is 6.14. The summed E-state index contributed by atoms with van der Waals surface area (Å²) in [4.78, 5) is 26.2. The van der Waals surface area contributed by atoms with Gasteiger partial charge in [-0.3, -0.25) is 4.79 Å². The van der Waals surface area contributed by atoms with Crippen LogP contribution in [0, 0.1) is 5.92 Å². The van der Waals surface area contributed by atoms with E-state index in [1.165, 1.54) is 0 Å². The first-order chi connectivity index (χ1) is 11.6. The van der Waals surface area contributed by atoms with Crippen LogP contribution in [-0.2, 0) is 16.6 Å². The summed E-state index contributed by atoms with van der Waals surface area (Å²) in [6.07, 6.45) is 3.50. The first-order valence-electron chi connectivity index (χ1n) is 8.36. The molecule has 6 heteroatoms. The van der Waals surface area contributed by atoms with E-state index in [0.717, 1.165) is 29.4 Å².